The predicted molar refractivity (Wildman–Crippen MR) is 116 cm³/mol. The molecule has 0 radical (unpaired) electrons. The molecule has 1 rings (SSSR count). The number of aliphatic hydroxyl groups excluding tert-OH is 1. The number of unbranched alkanes of at least 4 members (excludes halogenated alkanes) is 7. The van der Waals surface area contributed by atoms with Crippen LogP contribution in [0.25, 0.3) is 0 Å². The lowest BCUT2D eigenvalue weighted by atomic mass is 10.0. The van der Waals surface area contributed by atoms with Crippen LogP contribution in [0.15, 0.2) is 30.3 Å². The average molecular weight is 428 g/mol. The van der Waals surface area contributed by atoms with E-state index in [1.165, 1.54) is 38.5 Å². The predicted octanol–water partition coefficient (Wildman–Crippen LogP) is 2.26. The molecule has 0 saturated heterocycles. The lowest BCUT2D eigenvalue weighted by Crippen LogP contribution is -3.00. The van der Waals surface area contributed by atoms with E-state index in [-0.39, 0.29) is 18.4 Å². The van der Waals surface area contributed by atoms with Crippen LogP contribution < -0.4 is 12.4 Å². The molecule has 1 atom stereocenters. The van der Waals surface area contributed by atoms with E-state index in [1.807, 2.05) is 44.4 Å². The zero-order chi connectivity index (χ0) is 20.7. The molecule has 1 N–H and O–H groups in total. The summed E-state index contributed by atoms with van der Waals surface area (Å²) in [5.74, 6) is -0.114. The molecular weight excluding hydrogens is 386 g/mol. The van der Waals surface area contributed by atoms with Crippen molar-refractivity contribution in [2.45, 2.75) is 77.2 Å². The zero-order valence-electron chi connectivity index (χ0n) is 18.7. The second kappa shape index (κ2) is 16.7. The second-order valence-corrected chi connectivity index (χ2v) is 8.58. The monoisotopic (exact) mass is 427 g/mol. The van der Waals surface area contributed by atoms with Crippen molar-refractivity contribution in [2.75, 3.05) is 33.8 Å². The van der Waals surface area contributed by atoms with Crippen molar-refractivity contribution in [3.05, 3.63) is 35.9 Å². The number of carbonyl (C=O) groups is 1. The molecule has 0 amide bonds. The maximum Gasteiger partial charge on any atom is 0.361 e. The molecule has 5 heteroatoms. The minimum Gasteiger partial charge on any atom is -1.00 e. The van der Waals surface area contributed by atoms with E-state index in [9.17, 15) is 9.90 Å². The van der Waals surface area contributed by atoms with E-state index in [2.05, 4.69) is 6.92 Å². The fourth-order valence-corrected chi connectivity index (χ4v) is 3.45. The van der Waals surface area contributed by atoms with Crippen molar-refractivity contribution in [3.63, 3.8) is 0 Å². The van der Waals surface area contributed by atoms with Crippen LogP contribution in [0.1, 0.15) is 82.8 Å². The van der Waals surface area contributed by atoms with Gasteiger partial charge in [0.05, 0.1) is 33.4 Å². The number of ether oxygens (including phenoxy) is 1. The molecule has 4 nitrogen and oxygen atoms in total. The highest BCUT2D eigenvalue weighted by molar-refractivity contribution is 5.70. The highest BCUT2D eigenvalue weighted by atomic mass is 35.5. The second-order valence-electron chi connectivity index (χ2n) is 8.58. The molecule has 1 unspecified atom stereocenters. The van der Waals surface area contributed by atoms with Gasteiger partial charge in [-0.1, -0.05) is 82.2 Å². The number of esters is 1. The average Bonchev–Trinajstić information content (AvgIpc) is 2.66. The molecule has 0 aliphatic heterocycles. The van der Waals surface area contributed by atoms with Crippen molar-refractivity contribution < 1.29 is 31.5 Å². The Bertz CT molecular complexity index is 522. The number of hydrogen-bond acceptors (Lipinski definition) is 3. The number of nitrogens with zero attached hydrogens (tertiary/aromatic N) is 1. The Labute approximate surface area is 184 Å². The topological polar surface area (TPSA) is 46.5 Å². The Morgan fingerprint density at radius 3 is 2.17 bits per heavy atom. The third-order valence-corrected chi connectivity index (χ3v) is 5.24. The summed E-state index contributed by atoms with van der Waals surface area (Å²) < 4.78 is 6.01. The maximum absolute atomic E-state index is 12.1. The fourth-order valence-electron chi connectivity index (χ4n) is 3.45. The van der Waals surface area contributed by atoms with Crippen molar-refractivity contribution in [1.29, 1.82) is 0 Å². The van der Waals surface area contributed by atoms with Gasteiger partial charge in [0.1, 0.15) is 0 Å². The first-order valence-corrected chi connectivity index (χ1v) is 11.2. The molecule has 1 aromatic carbocycles. The van der Waals surface area contributed by atoms with E-state index in [0.29, 0.717) is 24.1 Å². The van der Waals surface area contributed by atoms with Gasteiger partial charge in [-0.2, -0.15) is 0 Å². The van der Waals surface area contributed by atoms with Gasteiger partial charge in [0.15, 0.2) is 6.54 Å². The molecule has 29 heavy (non-hydrogen) atoms. The van der Waals surface area contributed by atoms with Crippen LogP contribution in [0, 0.1) is 0 Å². The van der Waals surface area contributed by atoms with Crippen molar-refractivity contribution >= 4 is 5.97 Å². The quantitative estimate of drug-likeness (QED) is 0.250. The Balaban J connectivity index is 0.00000784. The summed E-state index contributed by atoms with van der Waals surface area (Å²) in [5.41, 5.74) is 0.956. The standard InChI is InChI=1S/C24H42NO3.ClH/c1-4-5-6-7-8-9-10-14-20-28-24(27)21-25(2,3)19-15-18-23(26)22-16-12-11-13-17-22;/h11-13,16-17,23,26H,4-10,14-15,18-21H2,1-3H3;1H/q+1;/p-1. The highest BCUT2D eigenvalue weighted by Crippen LogP contribution is 2.18. The molecular formula is C24H42ClNO3. The lowest BCUT2D eigenvalue weighted by Gasteiger charge is -2.29. The maximum atomic E-state index is 12.1. The summed E-state index contributed by atoms with van der Waals surface area (Å²) in [6.07, 6.45) is 11.1. The van der Waals surface area contributed by atoms with Gasteiger partial charge in [-0.25, -0.2) is 4.79 Å². The summed E-state index contributed by atoms with van der Waals surface area (Å²) in [4.78, 5) is 12.1. The molecule has 0 heterocycles. The van der Waals surface area contributed by atoms with Gasteiger partial charge in [0, 0.05) is 0 Å². The minimum absolute atomic E-state index is 0. The van der Waals surface area contributed by atoms with Gasteiger partial charge in [-0.15, -0.1) is 0 Å². The van der Waals surface area contributed by atoms with Gasteiger partial charge in [0.25, 0.3) is 0 Å². The molecule has 0 aliphatic carbocycles. The van der Waals surface area contributed by atoms with Gasteiger partial charge in [-0.3, -0.25) is 0 Å². The van der Waals surface area contributed by atoms with Crippen molar-refractivity contribution in [3.8, 4) is 0 Å². The number of likely N-dealkylation sites (N-methyl/N-ethyl adjacent to an activating group) is 1. The smallest absolute Gasteiger partial charge is 0.361 e. The summed E-state index contributed by atoms with van der Waals surface area (Å²) in [7, 11) is 4.10. The molecule has 0 fully saturated rings. The third kappa shape index (κ3) is 14.5. The highest BCUT2D eigenvalue weighted by Gasteiger charge is 2.21. The van der Waals surface area contributed by atoms with E-state index >= 15 is 0 Å². The summed E-state index contributed by atoms with van der Waals surface area (Å²) in [5, 5.41) is 10.2. The zero-order valence-corrected chi connectivity index (χ0v) is 19.5. The Morgan fingerprint density at radius 2 is 1.55 bits per heavy atom. The number of hydrogen-bond donors (Lipinski definition) is 1. The molecule has 0 bridgehead atoms. The van der Waals surface area contributed by atoms with Crippen LogP contribution in [0.4, 0.5) is 0 Å². The van der Waals surface area contributed by atoms with Gasteiger partial charge >= 0.3 is 5.97 Å². The Hall–Kier alpha value is -1.10. The largest absolute Gasteiger partial charge is 1.00 e. The third-order valence-electron chi connectivity index (χ3n) is 5.24. The van der Waals surface area contributed by atoms with Crippen molar-refractivity contribution in [1.82, 2.24) is 0 Å². The Morgan fingerprint density at radius 1 is 0.966 bits per heavy atom. The lowest BCUT2D eigenvalue weighted by molar-refractivity contribution is -0.883. The van der Waals surface area contributed by atoms with Crippen LogP contribution in [0.3, 0.4) is 0 Å². The molecule has 0 saturated carbocycles. The fraction of sp³-hybridized carbons (Fsp3) is 0.708. The number of carbonyl (C=O) groups excluding carboxylic acids is 1. The summed E-state index contributed by atoms with van der Waals surface area (Å²) in [6, 6.07) is 9.75. The van der Waals surface area contributed by atoms with Crippen LogP contribution in [0.2, 0.25) is 0 Å². The van der Waals surface area contributed by atoms with E-state index in [0.717, 1.165) is 31.4 Å². The van der Waals surface area contributed by atoms with Crippen molar-refractivity contribution in [2.24, 2.45) is 0 Å². The van der Waals surface area contributed by atoms with Crippen LogP contribution in [-0.4, -0.2) is 49.4 Å². The van der Waals surface area contributed by atoms with Crippen LogP contribution in [0.5, 0.6) is 0 Å². The molecule has 0 spiro atoms. The number of quaternary nitrogens is 1. The Kier molecular flexibility index (Phi) is 16.0. The molecule has 0 aliphatic rings. The molecule has 168 valence electrons. The van der Waals surface area contributed by atoms with Gasteiger partial charge in [0.2, 0.25) is 0 Å². The SMILES string of the molecule is CCCCCCCCCCOC(=O)C[N+](C)(C)CCCC(O)c1ccccc1.[Cl-]. The van der Waals surface area contributed by atoms with Gasteiger partial charge < -0.3 is 26.7 Å². The minimum atomic E-state index is -0.435. The number of halogens is 1. The summed E-state index contributed by atoms with van der Waals surface area (Å²) >= 11 is 0. The van der Waals surface area contributed by atoms with E-state index < -0.39 is 6.10 Å². The van der Waals surface area contributed by atoms with E-state index in [4.69, 9.17) is 4.74 Å². The first-order valence-electron chi connectivity index (χ1n) is 11.2. The normalized spacial score (nSPS) is 12.3. The van der Waals surface area contributed by atoms with Gasteiger partial charge in [-0.05, 0) is 24.8 Å². The molecule has 1 aromatic rings. The first kappa shape index (κ1) is 27.9. The number of aliphatic hydroxyl groups is 1. The number of rotatable bonds is 16. The molecule has 0 aromatic heterocycles. The summed E-state index contributed by atoms with van der Waals surface area (Å²) in [6.45, 7) is 4.01. The first-order chi connectivity index (χ1) is 13.4. The van der Waals surface area contributed by atoms with E-state index in [1.54, 1.807) is 0 Å². The number of benzene rings is 1. The van der Waals surface area contributed by atoms with Crippen LogP contribution >= 0.6 is 0 Å². The van der Waals surface area contributed by atoms with Crippen LogP contribution in [-0.2, 0) is 9.53 Å².